The molecule has 0 amide bonds. The van der Waals surface area contributed by atoms with Crippen molar-refractivity contribution in [1.82, 2.24) is 0 Å². The Morgan fingerprint density at radius 1 is 1.50 bits per heavy atom. The molecule has 1 rings (SSSR count). The highest BCUT2D eigenvalue weighted by Crippen LogP contribution is 2.38. The van der Waals surface area contributed by atoms with Crippen LogP contribution in [0.2, 0.25) is 18.1 Å². The second-order valence-electron chi connectivity index (χ2n) is 6.68. The zero-order valence-corrected chi connectivity index (χ0v) is 14.6. The zero-order valence-electron chi connectivity index (χ0n) is 13.6. The van der Waals surface area contributed by atoms with E-state index in [4.69, 9.17) is 9.26 Å². The quantitative estimate of drug-likeness (QED) is 0.578. The average Bonchev–Trinajstić information content (AvgIpc) is 2.83. The predicted molar refractivity (Wildman–Crippen MR) is 81.3 cm³/mol. The van der Waals surface area contributed by atoms with Crippen LogP contribution >= 0.6 is 0 Å². The van der Waals surface area contributed by atoms with E-state index in [1.807, 2.05) is 0 Å². The smallest absolute Gasteiger partial charge is 0.350 e. The summed E-state index contributed by atoms with van der Waals surface area (Å²) in [5.41, 5.74) is 0.813. The first-order valence-corrected chi connectivity index (χ1v) is 10.0. The van der Waals surface area contributed by atoms with Gasteiger partial charge in [0, 0.05) is 6.42 Å². The maximum absolute atomic E-state index is 11.5. The summed E-state index contributed by atoms with van der Waals surface area (Å²) in [5.74, 6) is -0.383. The summed E-state index contributed by atoms with van der Waals surface area (Å²) in [5, 5.41) is 4.18. The molecule has 6 heteroatoms. The molecule has 20 heavy (non-hydrogen) atoms. The molecule has 1 aliphatic rings. The molecule has 116 valence electrons. The molecule has 0 saturated heterocycles. The molecule has 5 nitrogen and oxygen atoms in total. The van der Waals surface area contributed by atoms with Crippen LogP contribution in [-0.4, -0.2) is 39.3 Å². The molecule has 0 spiro atoms. The minimum absolute atomic E-state index is 0.0782. The predicted octanol–water partition coefficient (Wildman–Crippen LogP) is 3.10. The van der Waals surface area contributed by atoms with Crippen molar-refractivity contribution in [2.24, 2.45) is 5.16 Å². The van der Waals surface area contributed by atoms with Crippen LogP contribution in [0.1, 0.15) is 40.5 Å². The normalized spacial score (nSPS) is 21.1. The number of ether oxygens (including phenoxy) is 1. The molecule has 2 unspecified atom stereocenters. The van der Waals surface area contributed by atoms with Crippen molar-refractivity contribution >= 4 is 20.0 Å². The topological polar surface area (TPSA) is 57.1 Å². The first-order chi connectivity index (χ1) is 9.12. The van der Waals surface area contributed by atoms with E-state index in [-0.39, 0.29) is 17.1 Å². The van der Waals surface area contributed by atoms with Gasteiger partial charge in [-0.15, -0.1) is 0 Å². The number of hydrogen-bond acceptors (Lipinski definition) is 5. The molecule has 2 atom stereocenters. The van der Waals surface area contributed by atoms with Gasteiger partial charge in [0.1, 0.15) is 0 Å². The lowest BCUT2D eigenvalue weighted by Gasteiger charge is -2.39. The summed E-state index contributed by atoms with van der Waals surface area (Å²) >= 11 is 0. The van der Waals surface area contributed by atoms with E-state index in [1.54, 1.807) is 0 Å². The molecule has 0 aromatic rings. The Morgan fingerprint density at radius 3 is 2.55 bits per heavy atom. The first kappa shape index (κ1) is 17.2. The largest absolute Gasteiger partial charge is 0.466 e. The Bertz CT molecular complexity index is 387. The van der Waals surface area contributed by atoms with Gasteiger partial charge < -0.3 is 14.0 Å². The lowest BCUT2D eigenvalue weighted by atomic mass is 10.1. The molecular formula is C14H27NO4Si. The average molecular weight is 301 g/mol. The number of carbonyl (C=O) groups excluding carboxylic acids is 1. The van der Waals surface area contributed by atoms with E-state index in [1.165, 1.54) is 7.11 Å². The lowest BCUT2D eigenvalue weighted by molar-refractivity contribution is -0.152. The molecule has 0 aromatic heterocycles. The Kier molecular flexibility index (Phi) is 5.37. The van der Waals surface area contributed by atoms with Crippen molar-refractivity contribution in [3.05, 3.63) is 0 Å². The molecule has 0 saturated carbocycles. The second kappa shape index (κ2) is 6.26. The molecule has 0 aliphatic carbocycles. The van der Waals surface area contributed by atoms with Crippen LogP contribution in [0.5, 0.6) is 0 Å². The Labute approximate surface area is 122 Å². The van der Waals surface area contributed by atoms with Gasteiger partial charge in [-0.2, -0.15) is 0 Å². The zero-order chi connectivity index (χ0) is 15.6. The van der Waals surface area contributed by atoms with Gasteiger partial charge in [-0.05, 0) is 24.6 Å². The van der Waals surface area contributed by atoms with Crippen molar-refractivity contribution in [3.63, 3.8) is 0 Å². The highest BCUT2D eigenvalue weighted by molar-refractivity contribution is 6.74. The maximum atomic E-state index is 11.5. The Hall–Kier alpha value is -0.883. The van der Waals surface area contributed by atoms with Crippen LogP contribution in [0.15, 0.2) is 5.16 Å². The molecule has 0 radical (unpaired) electrons. The molecule has 0 bridgehead atoms. The summed E-state index contributed by atoms with van der Waals surface area (Å²) in [7, 11) is -0.512. The fraction of sp³-hybridized carbons (Fsp3) is 0.857. The van der Waals surface area contributed by atoms with Gasteiger partial charge in [0.2, 0.25) is 6.10 Å². The molecular weight excluding hydrogens is 274 g/mol. The highest BCUT2D eigenvalue weighted by Gasteiger charge is 2.41. The SMILES string of the molecule is CCC(O[Si](C)(C)C(C)(C)C)C1=NOC(C(=O)OC)C1. The van der Waals surface area contributed by atoms with Gasteiger partial charge in [0.15, 0.2) is 8.32 Å². The van der Waals surface area contributed by atoms with Crippen molar-refractivity contribution in [3.8, 4) is 0 Å². The van der Waals surface area contributed by atoms with E-state index < -0.39 is 14.4 Å². The highest BCUT2D eigenvalue weighted by atomic mass is 28.4. The second-order valence-corrected chi connectivity index (χ2v) is 11.4. The number of rotatable bonds is 5. The van der Waals surface area contributed by atoms with Gasteiger partial charge >= 0.3 is 5.97 Å². The monoisotopic (exact) mass is 301 g/mol. The molecule has 1 aliphatic heterocycles. The third-order valence-corrected chi connectivity index (χ3v) is 8.63. The molecule has 0 N–H and O–H groups in total. The molecule has 1 heterocycles. The van der Waals surface area contributed by atoms with Crippen molar-refractivity contribution in [1.29, 1.82) is 0 Å². The summed E-state index contributed by atoms with van der Waals surface area (Å²) in [6.45, 7) is 13.1. The first-order valence-electron chi connectivity index (χ1n) is 7.10. The molecule has 0 fully saturated rings. The van der Waals surface area contributed by atoms with E-state index in [2.05, 4.69) is 50.7 Å². The number of esters is 1. The van der Waals surface area contributed by atoms with Gasteiger partial charge in [-0.1, -0.05) is 32.9 Å². The van der Waals surface area contributed by atoms with E-state index in [0.29, 0.717) is 6.42 Å². The summed E-state index contributed by atoms with van der Waals surface area (Å²) < 4.78 is 11.1. The third-order valence-electron chi connectivity index (χ3n) is 4.14. The van der Waals surface area contributed by atoms with E-state index in [0.717, 1.165) is 12.1 Å². The third kappa shape index (κ3) is 3.82. The van der Waals surface area contributed by atoms with Gasteiger partial charge in [-0.25, -0.2) is 4.79 Å². The molecule has 0 aromatic carbocycles. The maximum Gasteiger partial charge on any atom is 0.350 e. The fourth-order valence-electron chi connectivity index (χ4n) is 1.76. The number of oxime groups is 1. The van der Waals surface area contributed by atoms with Gasteiger partial charge in [0.05, 0.1) is 18.9 Å². The fourth-order valence-corrected chi connectivity index (χ4v) is 3.13. The van der Waals surface area contributed by atoms with Crippen LogP contribution in [0.4, 0.5) is 0 Å². The van der Waals surface area contributed by atoms with Crippen molar-refractivity contribution in [2.75, 3.05) is 7.11 Å². The Balaban J connectivity index is 2.72. The van der Waals surface area contributed by atoms with Crippen LogP contribution in [-0.2, 0) is 18.8 Å². The van der Waals surface area contributed by atoms with Crippen LogP contribution in [0.25, 0.3) is 0 Å². The minimum Gasteiger partial charge on any atom is -0.466 e. The van der Waals surface area contributed by atoms with Crippen LogP contribution in [0, 0.1) is 0 Å². The standard InChI is InChI=1S/C14H27NO4Si/c1-8-11(19-20(6,7)14(2,3)4)10-9-12(18-15-10)13(16)17-5/h11-12H,8-9H2,1-7H3. The van der Waals surface area contributed by atoms with Gasteiger partial charge in [-0.3, -0.25) is 0 Å². The Morgan fingerprint density at radius 2 is 2.10 bits per heavy atom. The van der Waals surface area contributed by atoms with Crippen LogP contribution in [0.3, 0.4) is 0 Å². The minimum atomic E-state index is -1.87. The number of nitrogens with zero attached hydrogens (tertiary/aromatic N) is 1. The van der Waals surface area contributed by atoms with Gasteiger partial charge in [0.25, 0.3) is 0 Å². The number of hydrogen-bond donors (Lipinski definition) is 0. The summed E-state index contributed by atoms with van der Waals surface area (Å²) in [6, 6.07) is 0. The summed E-state index contributed by atoms with van der Waals surface area (Å²) in [6.07, 6.45) is 0.584. The lowest BCUT2D eigenvalue weighted by Crippen LogP contribution is -2.46. The van der Waals surface area contributed by atoms with E-state index >= 15 is 0 Å². The summed E-state index contributed by atoms with van der Waals surface area (Å²) in [4.78, 5) is 16.6. The van der Waals surface area contributed by atoms with Crippen LogP contribution < -0.4 is 0 Å². The van der Waals surface area contributed by atoms with Crippen molar-refractivity contribution < 1.29 is 18.8 Å². The number of carbonyl (C=O) groups is 1. The van der Waals surface area contributed by atoms with E-state index in [9.17, 15) is 4.79 Å². The van der Waals surface area contributed by atoms with Crippen molar-refractivity contribution in [2.45, 2.75) is 70.9 Å². The number of methoxy groups -OCH3 is 1.